The number of halogens is 1. The smallest absolute Gasteiger partial charge is 0.227 e. The van der Waals surface area contributed by atoms with Crippen LogP contribution in [0.1, 0.15) is 11.1 Å². The number of piperazine rings is 1. The lowest BCUT2D eigenvalue weighted by molar-refractivity contribution is 0.248. The number of hydrogen-bond donors (Lipinski definition) is 1. The van der Waals surface area contributed by atoms with E-state index in [2.05, 4.69) is 50.4 Å². The average Bonchev–Trinajstić information content (AvgIpc) is 2.73. The van der Waals surface area contributed by atoms with Crippen LogP contribution in [-0.2, 0) is 6.54 Å². The van der Waals surface area contributed by atoms with Crippen LogP contribution in [0, 0.1) is 6.92 Å². The highest BCUT2D eigenvalue weighted by Gasteiger charge is 2.19. The molecule has 1 N–H and O–H groups in total. The first-order valence-electron chi connectivity index (χ1n) is 9.55. The van der Waals surface area contributed by atoms with Gasteiger partial charge in [0.1, 0.15) is 5.82 Å². The number of rotatable bonds is 5. The van der Waals surface area contributed by atoms with E-state index in [1.165, 1.54) is 5.56 Å². The van der Waals surface area contributed by atoms with Crippen molar-refractivity contribution in [3.8, 4) is 0 Å². The molecule has 0 aliphatic carbocycles. The number of anilines is 3. The van der Waals surface area contributed by atoms with Gasteiger partial charge >= 0.3 is 0 Å². The van der Waals surface area contributed by atoms with Crippen molar-refractivity contribution in [2.24, 2.45) is 0 Å². The minimum atomic E-state index is 0.744. The van der Waals surface area contributed by atoms with Crippen LogP contribution < -0.4 is 10.2 Å². The molecule has 1 fully saturated rings. The summed E-state index contributed by atoms with van der Waals surface area (Å²) in [6.07, 6.45) is 1.81. The number of hydrogen-bond acceptors (Lipinski definition) is 5. The summed E-state index contributed by atoms with van der Waals surface area (Å²) in [5.41, 5.74) is 3.33. The molecule has 3 aromatic rings. The van der Waals surface area contributed by atoms with Crippen molar-refractivity contribution in [2.45, 2.75) is 13.5 Å². The standard InChI is InChI=1S/C22H24ClN5/c1-17-19(23)8-5-9-20(17)25-21-10-11-24-22(26-21)28-14-12-27(13-15-28)16-18-6-3-2-4-7-18/h2-11H,12-16H2,1H3,(H,24,25,26). The predicted molar refractivity (Wildman–Crippen MR) is 115 cm³/mol. The van der Waals surface area contributed by atoms with Crippen LogP contribution in [0.5, 0.6) is 0 Å². The summed E-state index contributed by atoms with van der Waals surface area (Å²) in [5.74, 6) is 1.55. The van der Waals surface area contributed by atoms with Gasteiger partial charge in [0.25, 0.3) is 0 Å². The Hall–Kier alpha value is -2.63. The maximum Gasteiger partial charge on any atom is 0.227 e. The molecule has 1 aliphatic heterocycles. The molecule has 0 amide bonds. The molecule has 0 spiro atoms. The first kappa shape index (κ1) is 18.7. The second-order valence-corrected chi connectivity index (χ2v) is 7.44. The van der Waals surface area contributed by atoms with Crippen LogP contribution in [0.25, 0.3) is 0 Å². The summed E-state index contributed by atoms with van der Waals surface area (Å²) < 4.78 is 0. The van der Waals surface area contributed by atoms with Crippen molar-refractivity contribution in [1.29, 1.82) is 0 Å². The van der Waals surface area contributed by atoms with E-state index in [0.29, 0.717) is 0 Å². The second kappa shape index (κ2) is 8.59. The zero-order valence-corrected chi connectivity index (χ0v) is 16.7. The molecule has 1 saturated heterocycles. The predicted octanol–water partition coefficient (Wildman–Crippen LogP) is 4.50. The van der Waals surface area contributed by atoms with Gasteiger partial charge in [-0.1, -0.05) is 48.0 Å². The molecule has 0 radical (unpaired) electrons. The van der Waals surface area contributed by atoms with Crippen molar-refractivity contribution in [3.63, 3.8) is 0 Å². The molecule has 0 saturated carbocycles. The largest absolute Gasteiger partial charge is 0.340 e. The van der Waals surface area contributed by atoms with Gasteiger partial charge in [-0.25, -0.2) is 4.98 Å². The molecule has 2 heterocycles. The quantitative estimate of drug-likeness (QED) is 0.691. The van der Waals surface area contributed by atoms with Gasteiger partial charge in [-0.2, -0.15) is 4.98 Å². The lowest BCUT2D eigenvalue weighted by atomic mass is 10.2. The van der Waals surface area contributed by atoms with Gasteiger partial charge in [0.05, 0.1) is 0 Å². The lowest BCUT2D eigenvalue weighted by Gasteiger charge is -2.34. The molecule has 4 rings (SSSR count). The van der Waals surface area contributed by atoms with E-state index in [-0.39, 0.29) is 0 Å². The van der Waals surface area contributed by atoms with Crippen LogP contribution in [-0.4, -0.2) is 41.0 Å². The molecule has 5 nitrogen and oxygen atoms in total. The highest BCUT2D eigenvalue weighted by molar-refractivity contribution is 6.31. The number of benzene rings is 2. The van der Waals surface area contributed by atoms with Crippen molar-refractivity contribution in [1.82, 2.24) is 14.9 Å². The highest BCUT2D eigenvalue weighted by atomic mass is 35.5. The molecule has 0 atom stereocenters. The topological polar surface area (TPSA) is 44.3 Å². The van der Waals surface area contributed by atoms with Crippen LogP contribution >= 0.6 is 11.6 Å². The normalized spacial score (nSPS) is 14.9. The molecule has 6 heteroatoms. The fraction of sp³-hybridized carbons (Fsp3) is 0.273. The summed E-state index contributed by atoms with van der Waals surface area (Å²) in [6, 6.07) is 18.3. The van der Waals surface area contributed by atoms with Crippen LogP contribution in [0.3, 0.4) is 0 Å². The molecular weight excluding hydrogens is 370 g/mol. The Bertz CT molecular complexity index is 923. The number of nitrogens with zero attached hydrogens (tertiary/aromatic N) is 4. The Labute approximate surface area is 171 Å². The summed E-state index contributed by atoms with van der Waals surface area (Å²) in [5, 5.41) is 4.11. The Balaban J connectivity index is 1.39. The van der Waals surface area contributed by atoms with Gasteiger partial charge in [-0.15, -0.1) is 0 Å². The zero-order valence-electron chi connectivity index (χ0n) is 16.0. The molecule has 1 aliphatic rings. The second-order valence-electron chi connectivity index (χ2n) is 7.03. The van der Waals surface area contributed by atoms with E-state index < -0.39 is 0 Å². The van der Waals surface area contributed by atoms with E-state index in [1.807, 2.05) is 31.2 Å². The van der Waals surface area contributed by atoms with Gasteiger partial charge < -0.3 is 10.2 Å². The molecule has 28 heavy (non-hydrogen) atoms. The summed E-state index contributed by atoms with van der Waals surface area (Å²) in [4.78, 5) is 13.9. The minimum absolute atomic E-state index is 0.744. The van der Waals surface area contributed by atoms with Gasteiger partial charge in [0.2, 0.25) is 5.95 Å². The van der Waals surface area contributed by atoms with Gasteiger partial charge in [-0.05, 0) is 36.2 Å². The third-order valence-electron chi connectivity index (χ3n) is 5.08. The van der Waals surface area contributed by atoms with E-state index in [4.69, 9.17) is 16.6 Å². The van der Waals surface area contributed by atoms with Crippen LogP contribution in [0.4, 0.5) is 17.5 Å². The number of aromatic nitrogens is 2. The monoisotopic (exact) mass is 393 g/mol. The lowest BCUT2D eigenvalue weighted by Crippen LogP contribution is -2.46. The Morgan fingerprint density at radius 2 is 1.75 bits per heavy atom. The van der Waals surface area contributed by atoms with Gasteiger partial charge in [0.15, 0.2) is 0 Å². The maximum atomic E-state index is 6.22. The molecule has 0 bridgehead atoms. The summed E-state index contributed by atoms with van der Waals surface area (Å²) >= 11 is 6.22. The van der Waals surface area contributed by atoms with E-state index >= 15 is 0 Å². The average molecular weight is 394 g/mol. The first-order valence-corrected chi connectivity index (χ1v) is 9.93. The Kier molecular flexibility index (Phi) is 5.74. The van der Waals surface area contributed by atoms with E-state index in [0.717, 1.165) is 60.8 Å². The van der Waals surface area contributed by atoms with Gasteiger partial charge in [-0.3, -0.25) is 4.90 Å². The van der Waals surface area contributed by atoms with Crippen molar-refractivity contribution in [3.05, 3.63) is 76.9 Å². The molecule has 1 aromatic heterocycles. The van der Waals surface area contributed by atoms with E-state index in [1.54, 1.807) is 6.20 Å². The molecule has 2 aromatic carbocycles. The first-order chi connectivity index (χ1) is 13.7. The van der Waals surface area contributed by atoms with Crippen LogP contribution in [0.2, 0.25) is 5.02 Å². The zero-order chi connectivity index (χ0) is 19.3. The Morgan fingerprint density at radius 3 is 2.54 bits per heavy atom. The molecular formula is C22H24ClN5. The highest BCUT2D eigenvalue weighted by Crippen LogP contribution is 2.26. The summed E-state index contributed by atoms with van der Waals surface area (Å²) in [7, 11) is 0. The maximum absolute atomic E-state index is 6.22. The third kappa shape index (κ3) is 4.43. The van der Waals surface area contributed by atoms with Crippen LogP contribution in [0.15, 0.2) is 60.8 Å². The Morgan fingerprint density at radius 1 is 0.964 bits per heavy atom. The summed E-state index contributed by atoms with van der Waals surface area (Å²) in [6.45, 7) is 6.84. The van der Waals surface area contributed by atoms with Crippen molar-refractivity contribution >= 4 is 29.1 Å². The fourth-order valence-corrected chi connectivity index (χ4v) is 3.57. The van der Waals surface area contributed by atoms with E-state index in [9.17, 15) is 0 Å². The fourth-order valence-electron chi connectivity index (χ4n) is 3.40. The molecule has 144 valence electrons. The van der Waals surface area contributed by atoms with Gasteiger partial charge in [0, 0.05) is 49.6 Å². The molecule has 0 unspecified atom stereocenters. The minimum Gasteiger partial charge on any atom is -0.340 e. The van der Waals surface area contributed by atoms with Crippen molar-refractivity contribution in [2.75, 3.05) is 36.4 Å². The number of nitrogens with one attached hydrogen (secondary N) is 1. The third-order valence-corrected chi connectivity index (χ3v) is 5.49. The SMILES string of the molecule is Cc1c(Cl)cccc1Nc1ccnc(N2CCN(Cc3ccccc3)CC2)n1. The van der Waals surface area contributed by atoms with Crippen molar-refractivity contribution < 1.29 is 0 Å².